The lowest BCUT2D eigenvalue weighted by Gasteiger charge is -2.37. The van der Waals surface area contributed by atoms with Gasteiger partial charge in [-0.05, 0) is 18.9 Å². The summed E-state index contributed by atoms with van der Waals surface area (Å²) in [6, 6.07) is 3.26. The minimum absolute atomic E-state index is 0.103. The zero-order chi connectivity index (χ0) is 16.9. The van der Waals surface area contributed by atoms with Crippen LogP contribution < -0.4 is 10.1 Å². The fourth-order valence-electron chi connectivity index (χ4n) is 3.11. The molecule has 1 aliphatic rings. The Balaban J connectivity index is 2.30. The minimum Gasteiger partial charge on any atom is -0.481 e. The fraction of sp³-hybridized carbons (Fsp3) is 0.562. The van der Waals surface area contributed by atoms with Gasteiger partial charge in [0.05, 0.1) is 25.7 Å². The van der Waals surface area contributed by atoms with Crippen LogP contribution in [0.5, 0.6) is 5.88 Å². The van der Waals surface area contributed by atoms with Crippen LogP contribution in [0.2, 0.25) is 0 Å². The fourth-order valence-corrected chi connectivity index (χ4v) is 3.11. The summed E-state index contributed by atoms with van der Waals surface area (Å²) < 4.78 is 10.4. The maximum atomic E-state index is 12.9. The van der Waals surface area contributed by atoms with E-state index in [0.29, 0.717) is 24.6 Å². The van der Waals surface area contributed by atoms with Crippen LogP contribution in [0, 0.1) is 0 Å². The first-order chi connectivity index (χ1) is 11.1. The summed E-state index contributed by atoms with van der Waals surface area (Å²) in [4.78, 5) is 30.6. The van der Waals surface area contributed by atoms with Crippen LogP contribution in [0.15, 0.2) is 18.3 Å². The van der Waals surface area contributed by atoms with Crippen molar-refractivity contribution in [3.05, 3.63) is 23.9 Å². The normalized spacial score (nSPS) is 20.4. The Hall–Kier alpha value is -2.15. The third-order valence-electron chi connectivity index (χ3n) is 4.21. The Morgan fingerprint density at radius 3 is 2.87 bits per heavy atom. The molecule has 0 aromatic carbocycles. The van der Waals surface area contributed by atoms with Crippen LogP contribution in [0.4, 0.5) is 0 Å². The summed E-state index contributed by atoms with van der Waals surface area (Å²) in [6.07, 6.45) is 3.35. The molecule has 0 radical (unpaired) electrons. The quantitative estimate of drug-likeness (QED) is 0.840. The molecule has 7 heteroatoms. The second-order valence-corrected chi connectivity index (χ2v) is 5.65. The lowest BCUT2D eigenvalue weighted by molar-refractivity contribution is -0.123. The highest BCUT2D eigenvalue weighted by atomic mass is 16.5. The maximum absolute atomic E-state index is 12.9. The SMILES string of the molecule is CNC(=O)CC1(COC)CCCN1C(=O)c1ccnc(OC)c1. The molecular formula is C16H23N3O4. The number of carbonyl (C=O) groups is 2. The van der Waals surface area contributed by atoms with Crippen molar-refractivity contribution in [3.8, 4) is 5.88 Å². The molecule has 2 amide bonds. The van der Waals surface area contributed by atoms with Crippen LogP contribution in [-0.2, 0) is 9.53 Å². The van der Waals surface area contributed by atoms with E-state index < -0.39 is 5.54 Å². The number of carbonyl (C=O) groups excluding carboxylic acids is 2. The Morgan fingerprint density at radius 1 is 1.43 bits per heavy atom. The summed E-state index contributed by atoms with van der Waals surface area (Å²) in [5.74, 6) is 0.150. The summed E-state index contributed by atoms with van der Waals surface area (Å²) in [5, 5.41) is 2.63. The summed E-state index contributed by atoms with van der Waals surface area (Å²) in [7, 11) is 4.69. The van der Waals surface area contributed by atoms with Crippen molar-refractivity contribution >= 4 is 11.8 Å². The number of methoxy groups -OCH3 is 2. The number of ether oxygens (including phenoxy) is 2. The average Bonchev–Trinajstić information content (AvgIpc) is 2.97. The topological polar surface area (TPSA) is 80.8 Å². The third kappa shape index (κ3) is 3.61. The van der Waals surface area contributed by atoms with Gasteiger partial charge in [-0.15, -0.1) is 0 Å². The highest BCUT2D eigenvalue weighted by Crippen LogP contribution is 2.34. The molecule has 0 aliphatic carbocycles. The van der Waals surface area contributed by atoms with Crippen molar-refractivity contribution in [1.29, 1.82) is 0 Å². The molecule has 1 atom stereocenters. The molecule has 0 spiro atoms. The molecule has 7 nitrogen and oxygen atoms in total. The van der Waals surface area contributed by atoms with Gasteiger partial charge in [0.2, 0.25) is 11.8 Å². The lowest BCUT2D eigenvalue weighted by atomic mass is 9.91. The van der Waals surface area contributed by atoms with Gasteiger partial charge in [0.15, 0.2) is 0 Å². The van der Waals surface area contributed by atoms with Crippen LogP contribution in [-0.4, -0.2) is 61.7 Å². The van der Waals surface area contributed by atoms with Crippen LogP contribution in [0.25, 0.3) is 0 Å². The van der Waals surface area contributed by atoms with Crippen molar-refractivity contribution < 1.29 is 19.1 Å². The van der Waals surface area contributed by atoms with Gasteiger partial charge in [0, 0.05) is 38.5 Å². The molecule has 1 aromatic rings. The van der Waals surface area contributed by atoms with Crippen molar-refractivity contribution in [2.45, 2.75) is 24.8 Å². The van der Waals surface area contributed by atoms with E-state index in [2.05, 4.69) is 10.3 Å². The average molecular weight is 321 g/mol. The van der Waals surface area contributed by atoms with E-state index in [1.807, 2.05) is 0 Å². The molecule has 2 heterocycles. The highest BCUT2D eigenvalue weighted by molar-refractivity contribution is 5.95. The number of nitrogens with zero attached hydrogens (tertiary/aromatic N) is 2. The molecule has 1 saturated heterocycles. The molecule has 1 unspecified atom stereocenters. The Kier molecular flexibility index (Phi) is 5.54. The predicted octanol–water partition coefficient (Wildman–Crippen LogP) is 0.847. The Bertz CT molecular complexity index is 578. The monoisotopic (exact) mass is 321 g/mol. The van der Waals surface area contributed by atoms with Crippen molar-refractivity contribution in [1.82, 2.24) is 15.2 Å². The number of hydrogen-bond donors (Lipinski definition) is 1. The number of hydrogen-bond acceptors (Lipinski definition) is 5. The summed E-state index contributed by atoms with van der Waals surface area (Å²) in [6.45, 7) is 0.929. The minimum atomic E-state index is -0.609. The van der Waals surface area contributed by atoms with Crippen LogP contribution in [0.1, 0.15) is 29.6 Å². The van der Waals surface area contributed by atoms with Gasteiger partial charge in [-0.3, -0.25) is 9.59 Å². The van der Waals surface area contributed by atoms with E-state index in [4.69, 9.17) is 9.47 Å². The maximum Gasteiger partial charge on any atom is 0.254 e. The van der Waals surface area contributed by atoms with E-state index in [1.165, 1.54) is 7.11 Å². The predicted molar refractivity (Wildman–Crippen MR) is 84.4 cm³/mol. The standard InChI is InChI=1S/C16H23N3O4/c1-17-13(20)10-16(11-22-2)6-4-8-19(16)15(21)12-5-7-18-14(9-12)23-3/h5,7,9H,4,6,8,10-11H2,1-3H3,(H,17,20). The Morgan fingerprint density at radius 2 is 2.22 bits per heavy atom. The molecule has 0 bridgehead atoms. The molecule has 0 saturated carbocycles. The number of nitrogens with one attached hydrogen (secondary N) is 1. The molecule has 1 N–H and O–H groups in total. The largest absolute Gasteiger partial charge is 0.481 e. The summed E-state index contributed by atoms with van der Waals surface area (Å²) >= 11 is 0. The van der Waals surface area contributed by atoms with Crippen molar-refractivity contribution in [2.24, 2.45) is 0 Å². The van der Waals surface area contributed by atoms with E-state index in [-0.39, 0.29) is 18.2 Å². The molecule has 1 aliphatic heterocycles. The molecular weight excluding hydrogens is 298 g/mol. The van der Waals surface area contributed by atoms with E-state index >= 15 is 0 Å². The van der Waals surface area contributed by atoms with Gasteiger partial charge in [-0.1, -0.05) is 0 Å². The third-order valence-corrected chi connectivity index (χ3v) is 4.21. The second kappa shape index (κ2) is 7.41. The van der Waals surface area contributed by atoms with Crippen LogP contribution >= 0.6 is 0 Å². The first-order valence-corrected chi connectivity index (χ1v) is 7.58. The zero-order valence-electron chi connectivity index (χ0n) is 13.8. The first-order valence-electron chi connectivity index (χ1n) is 7.58. The van der Waals surface area contributed by atoms with E-state index in [1.54, 1.807) is 37.4 Å². The van der Waals surface area contributed by atoms with E-state index in [0.717, 1.165) is 12.8 Å². The molecule has 1 aromatic heterocycles. The van der Waals surface area contributed by atoms with Gasteiger partial charge in [-0.2, -0.15) is 0 Å². The highest BCUT2D eigenvalue weighted by Gasteiger charge is 2.45. The van der Waals surface area contributed by atoms with Gasteiger partial charge in [-0.25, -0.2) is 4.98 Å². The molecule has 2 rings (SSSR count). The lowest BCUT2D eigenvalue weighted by Crippen LogP contribution is -2.52. The van der Waals surface area contributed by atoms with Gasteiger partial charge in [0.25, 0.3) is 5.91 Å². The van der Waals surface area contributed by atoms with Crippen molar-refractivity contribution in [3.63, 3.8) is 0 Å². The molecule has 1 fully saturated rings. The number of amides is 2. The summed E-state index contributed by atoms with van der Waals surface area (Å²) in [5.41, 5.74) is -0.112. The number of likely N-dealkylation sites (tertiary alicyclic amines) is 1. The molecule has 23 heavy (non-hydrogen) atoms. The van der Waals surface area contributed by atoms with Crippen LogP contribution in [0.3, 0.4) is 0 Å². The first kappa shape index (κ1) is 17.2. The second-order valence-electron chi connectivity index (χ2n) is 5.65. The number of rotatable bonds is 6. The van der Waals surface area contributed by atoms with Gasteiger partial charge >= 0.3 is 0 Å². The smallest absolute Gasteiger partial charge is 0.254 e. The van der Waals surface area contributed by atoms with Crippen molar-refractivity contribution in [2.75, 3.05) is 34.4 Å². The molecule has 126 valence electrons. The number of aromatic nitrogens is 1. The Labute approximate surface area is 136 Å². The number of pyridine rings is 1. The van der Waals surface area contributed by atoms with Gasteiger partial charge in [0.1, 0.15) is 0 Å². The van der Waals surface area contributed by atoms with E-state index in [9.17, 15) is 9.59 Å². The zero-order valence-corrected chi connectivity index (χ0v) is 13.8. The van der Waals surface area contributed by atoms with Gasteiger partial charge < -0.3 is 19.7 Å².